The normalized spacial score (nSPS) is 13.4. The number of aromatic nitrogens is 1. The third kappa shape index (κ3) is 2.41. The molecule has 4 nitrogen and oxygen atoms in total. The highest BCUT2D eigenvalue weighted by Gasteiger charge is 2.21. The van der Waals surface area contributed by atoms with Gasteiger partial charge in [-0.2, -0.15) is 0 Å². The van der Waals surface area contributed by atoms with Crippen molar-refractivity contribution >= 4 is 16.5 Å². The van der Waals surface area contributed by atoms with Gasteiger partial charge < -0.3 is 14.0 Å². The lowest BCUT2D eigenvalue weighted by Gasteiger charge is -2.22. The van der Waals surface area contributed by atoms with Gasteiger partial charge in [0.2, 0.25) is 0 Å². The Morgan fingerprint density at radius 1 is 1.20 bits per heavy atom. The largest absolute Gasteiger partial charge is 0.497 e. The molecule has 0 amide bonds. The molecule has 1 aliphatic rings. The number of allylic oxidation sites excluding steroid dienone is 1. The molecule has 1 aliphatic heterocycles. The van der Waals surface area contributed by atoms with Crippen LogP contribution in [0.25, 0.3) is 16.5 Å². The maximum atomic E-state index is 12.8. The van der Waals surface area contributed by atoms with E-state index in [-0.39, 0.29) is 5.56 Å². The van der Waals surface area contributed by atoms with Crippen molar-refractivity contribution in [2.45, 2.75) is 13.0 Å². The molecular formula is C21H19NO3. The van der Waals surface area contributed by atoms with E-state index in [9.17, 15) is 4.79 Å². The second-order valence-electron chi connectivity index (χ2n) is 6.28. The zero-order valence-corrected chi connectivity index (χ0v) is 14.3. The molecule has 0 fully saturated rings. The van der Waals surface area contributed by atoms with Crippen LogP contribution in [0.3, 0.4) is 0 Å². The lowest BCUT2D eigenvalue weighted by molar-refractivity contribution is 0.295. The van der Waals surface area contributed by atoms with Crippen molar-refractivity contribution in [2.24, 2.45) is 7.05 Å². The molecule has 0 unspecified atom stereocenters. The number of methoxy groups -OCH3 is 1. The van der Waals surface area contributed by atoms with Gasteiger partial charge in [-0.05, 0) is 29.3 Å². The molecule has 126 valence electrons. The summed E-state index contributed by atoms with van der Waals surface area (Å²) in [5, 5.41) is 1.03. The van der Waals surface area contributed by atoms with Crippen molar-refractivity contribution in [2.75, 3.05) is 7.11 Å². The van der Waals surface area contributed by atoms with Gasteiger partial charge in [-0.1, -0.05) is 30.8 Å². The molecule has 0 aliphatic carbocycles. The Morgan fingerprint density at radius 2 is 2.00 bits per heavy atom. The highest BCUT2D eigenvalue weighted by Crippen LogP contribution is 2.34. The molecule has 2 aromatic carbocycles. The first-order chi connectivity index (χ1) is 12.1. The number of para-hydroxylation sites is 1. The SMILES string of the molecule is C=C1Cc2c(c(=O)n(C)c3ccccc23)OCc2cc(OC)ccc21. The van der Waals surface area contributed by atoms with E-state index in [0.29, 0.717) is 18.8 Å². The predicted molar refractivity (Wildman–Crippen MR) is 99.3 cm³/mol. The number of hydrogen-bond acceptors (Lipinski definition) is 3. The quantitative estimate of drug-likeness (QED) is 0.682. The minimum Gasteiger partial charge on any atom is -0.497 e. The molecule has 0 saturated heterocycles. The van der Waals surface area contributed by atoms with E-state index in [0.717, 1.165) is 38.9 Å². The summed E-state index contributed by atoms with van der Waals surface area (Å²) in [5.74, 6) is 1.18. The fourth-order valence-electron chi connectivity index (χ4n) is 3.48. The first kappa shape index (κ1) is 15.5. The van der Waals surface area contributed by atoms with E-state index in [4.69, 9.17) is 9.47 Å². The van der Waals surface area contributed by atoms with Crippen LogP contribution in [0.2, 0.25) is 0 Å². The predicted octanol–water partition coefficient (Wildman–Crippen LogP) is 3.70. The second-order valence-corrected chi connectivity index (χ2v) is 6.28. The molecule has 3 aromatic rings. The van der Waals surface area contributed by atoms with Gasteiger partial charge >= 0.3 is 0 Å². The Kier molecular flexibility index (Phi) is 3.61. The topological polar surface area (TPSA) is 40.5 Å². The highest BCUT2D eigenvalue weighted by molar-refractivity contribution is 5.87. The van der Waals surface area contributed by atoms with Crippen LogP contribution in [0, 0.1) is 0 Å². The van der Waals surface area contributed by atoms with Gasteiger partial charge in [0.15, 0.2) is 5.75 Å². The molecule has 25 heavy (non-hydrogen) atoms. The third-order valence-corrected chi connectivity index (χ3v) is 4.82. The van der Waals surface area contributed by atoms with Crippen LogP contribution in [-0.4, -0.2) is 11.7 Å². The molecule has 4 heteroatoms. The number of nitrogens with zero attached hydrogens (tertiary/aromatic N) is 1. The second kappa shape index (κ2) is 5.81. The summed E-state index contributed by atoms with van der Waals surface area (Å²) in [6.45, 7) is 4.58. The number of pyridine rings is 1. The van der Waals surface area contributed by atoms with Crippen LogP contribution in [0.4, 0.5) is 0 Å². The Bertz CT molecular complexity index is 1060. The van der Waals surface area contributed by atoms with Gasteiger partial charge in [0, 0.05) is 30.0 Å². The van der Waals surface area contributed by atoms with Gasteiger partial charge in [0.25, 0.3) is 5.56 Å². The number of ether oxygens (including phenoxy) is 2. The van der Waals surface area contributed by atoms with Crippen LogP contribution in [0.5, 0.6) is 11.5 Å². The zero-order chi connectivity index (χ0) is 17.6. The van der Waals surface area contributed by atoms with Crippen molar-refractivity contribution in [3.8, 4) is 11.5 Å². The Balaban J connectivity index is 1.94. The number of fused-ring (bicyclic) bond motifs is 4. The molecule has 1 aromatic heterocycles. The average molecular weight is 333 g/mol. The van der Waals surface area contributed by atoms with Crippen LogP contribution >= 0.6 is 0 Å². The summed E-state index contributed by atoms with van der Waals surface area (Å²) in [7, 11) is 3.41. The molecule has 0 N–H and O–H groups in total. The summed E-state index contributed by atoms with van der Waals surface area (Å²) in [6, 6.07) is 13.8. The minimum absolute atomic E-state index is 0.118. The van der Waals surface area contributed by atoms with E-state index < -0.39 is 0 Å². The van der Waals surface area contributed by atoms with E-state index >= 15 is 0 Å². The molecule has 0 bridgehead atoms. The Hall–Kier alpha value is -3.01. The van der Waals surface area contributed by atoms with Gasteiger partial charge in [-0.15, -0.1) is 0 Å². The molecule has 0 atom stereocenters. The lowest BCUT2D eigenvalue weighted by Crippen LogP contribution is -2.23. The maximum Gasteiger partial charge on any atom is 0.293 e. The molecule has 0 saturated carbocycles. The van der Waals surface area contributed by atoms with Crippen molar-refractivity contribution in [1.29, 1.82) is 0 Å². The van der Waals surface area contributed by atoms with E-state index in [1.165, 1.54) is 0 Å². The van der Waals surface area contributed by atoms with Gasteiger partial charge in [-0.25, -0.2) is 0 Å². The summed E-state index contributed by atoms with van der Waals surface area (Å²) in [5.41, 5.74) is 4.69. The third-order valence-electron chi connectivity index (χ3n) is 4.82. The van der Waals surface area contributed by atoms with Crippen LogP contribution < -0.4 is 15.0 Å². The van der Waals surface area contributed by atoms with E-state index in [1.54, 1.807) is 18.7 Å². The Morgan fingerprint density at radius 3 is 2.80 bits per heavy atom. The fourth-order valence-corrected chi connectivity index (χ4v) is 3.48. The van der Waals surface area contributed by atoms with Crippen molar-refractivity contribution in [1.82, 2.24) is 4.57 Å². The number of hydrogen-bond donors (Lipinski definition) is 0. The highest BCUT2D eigenvalue weighted by atomic mass is 16.5. The lowest BCUT2D eigenvalue weighted by atomic mass is 9.92. The van der Waals surface area contributed by atoms with Crippen molar-refractivity contribution in [3.63, 3.8) is 0 Å². The summed E-state index contributed by atoms with van der Waals surface area (Å²) in [4.78, 5) is 12.8. The summed E-state index contributed by atoms with van der Waals surface area (Å²) in [6.07, 6.45) is 0.575. The monoisotopic (exact) mass is 333 g/mol. The Labute approximate surface area is 145 Å². The number of rotatable bonds is 1. The maximum absolute atomic E-state index is 12.8. The fraction of sp³-hybridized carbons (Fsp3) is 0.190. The average Bonchev–Trinajstić information content (AvgIpc) is 2.63. The molecule has 0 radical (unpaired) electrons. The first-order valence-corrected chi connectivity index (χ1v) is 8.18. The van der Waals surface area contributed by atoms with E-state index in [2.05, 4.69) is 6.58 Å². The van der Waals surface area contributed by atoms with Gasteiger partial charge in [0.1, 0.15) is 12.4 Å². The summed E-state index contributed by atoms with van der Waals surface area (Å²) >= 11 is 0. The van der Waals surface area contributed by atoms with Crippen LogP contribution in [0.1, 0.15) is 16.7 Å². The van der Waals surface area contributed by atoms with E-state index in [1.807, 2.05) is 42.5 Å². The molecule has 0 spiro atoms. The smallest absolute Gasteiger partial charge is 0.293 e. The summed E-state index contributed by atoms with van der Waals surface area (Å²) < 4.78 is 12.9. The van der Waals surface area contributed by atoms with Crippen LogP contribution in [-0.2, 0) is 20.1 Å². The molecule has 4 rings (SSSR count). The standard InChI is InChI=1S/C21H19NO3/c1-13-10-18-17-6-4-5-7-19(17)22(2)21(23)20(18)25-12-14-11-15(24-3)8-9-16(13)14/h4-9,11H,1,10,12H2,2-3H3. The van der Waals surface area contributed by atoms with Crippen molar-refractivity contribution < 1.29 is 9.47 Å². The molecular weight excluding hydrogens is 314 g/mol. The number of aryl methyl sites for hydroxylation is 1. The number of benzene rings is 2. The minimum atomic E-state index is -0.118. The zero-order valence-electron chi connectivity index (χ0n) is 14.3. The first-order valence-electron chi connectivity index (χ1n) is 8.18. The van der Waals surface area contributed by atoms with Crippen LogP contribution in [0.15, 0.2) is 53.8 Å². The van der Waals surface area contributed by atoms with Gasteiger partial charge in [-0.3, -0.25) is 4.79 Å². The van der Waals surface area contributed by atoms with Crippen molar-refractivity contribution in [3.05, 3.63) is 76.1 Å². The molecule has 2 heterocycles. The van der Waals surface area contributed by atoms with Gasteiger partial charge in [0.05, 0.1) is 12.6 Å².